The summed E-state index contributed by atoms with van der Waals surface area (Å²) >= 11 is 0. The fourth-order valence-corrected chi connectivity index (χ4v) is 3.78. The van der Waals surface area contributed by atoms with E-state index in [9.17, 15) is 13.2 Å². The lowest BCUT2D eigenvalue weighted by Crippen LogP contribution is -2.11. The molecule has 0 atom stereocenters. The monoisotopic (exact) mass is 326 g/mol. The van der Waals surface area contributed by atoms with E-state index in [2.05, 4.69) is 6.92 Å². The average Bonchev–Trinajstić information content (AvgIpc) is 2.45. The standard InChI is InChI=1S/C17H26O4S/c1-2-3-4-5-12-22(20,21)13-6-7-15-8-10-16(11-9-15)14-17(18)19/h8-11H,2-7,12-14H2,1H3,(H,18,19). The number of carboxylic acids is 1. The van der Waals surface area contributed by atoms with Gasteiger partial charge in [-0.2, -0.15) is 0 Å². The average molecular weight is 326 g/mol. The Balaban J connectivity index is 2.32. The second-order valence-electron chi connectivity index (χ2n) is 5.70. The van der Waals surface area contributed by atoms with E-state index in [0.29, 0.717) is 18.6 Å². The number of hydrogen-bond acceptors (Lipinski definition) is 3. The number of aryl methyl sites for hydroxylation is 1. The highest BCUT2D eigenvalue weighted by atomic mass is 32.2. The molecule has 0 bridgehead atoms. The van der Waals surface area contributed by atoms with Crippen LogP contribution in [0, 0.1) is 0 Å². The van der Waals surface area contributed by atoms with Crippen LogP contribution < -0.4 is 0 Å². The molecule has 1 rings (SSSR count). The lowest BCUT2D eigenvalue weighted by molar-refractivity contribution is -0.136. The third-order valence-electron chi connectivity index (χ3n) is 3.61. The highest BCUT2D eigenvalue weighted by Crippen LogP contribution is 2.10. The quantitative estimate of drug-likeness (QED) is 0.634. The lowest BCUT2D eigenvalue weighted by Gasteiger charge is -2.05. The van der Waals surface area contributed by atoms with Crippen LogP contribution in [-0.2, 0) is 27.5 Å². The molecular formula is C17H26O4S. The first kappa shape index (κ1) is 18.7. The summed E-state index contributed by atoms with van der Waals surface area (Å²) in [6.07, 6.45) is 5.30. The summed E-state index contributed by atoms with van der Waals surface area (Å²) in [5, 5.41) is 8.70. The van der Waals surface area contributed by atoms with Crippen LogP contribution in [0.25, 0.3) is 0 Å². The lowest BCUT2D eigenvalue weighted by atomic mass is 10.1. The first-order valence-electron chi connectivity index (χ1n) is 7.93. The highest BCUT2D eigenvalue weighted by molar-refractivity contribution is 7.91. The Kier molecular flexibility index (Phi) is 8.17. The first-order chi connectivity index (χ1) is 10.4. The zero-order chi connectivity index (χ0) is 16.4. The predicted octanol–water partition coefficient (Wildman–Crippen LogP) is 3.24. The number of rotatable bonds is 11. The van der Waals surface area contributed by atoms with E-state index in [0.717, 1.165) is 36.8 Å². The molecule has 1 aromatic rings. The van der Waals surface area contributed by atoms with Crippen LogP contribution in [0.3, 0.4) is 0 Å². The van der Waals surface area contributed by atoms with Crippen LogP contribution in [0.2, 0.25) is 0 Å². The minimum Gasteiger partial charge on any atom is -0.481 e. The topological polar surface area (TPSA) is 71.4 Å². The number of sulfone groups is 1. The second-order valence-corrected chi connectivity index (χ2v) is 8.01. The van der Waals surface area contributed by atoms with E-state index in [-0.39, 0.29) is 12.2 Å². The molecule has 0 saturated heterocycles. The van der Waals surface area contributed by atoms with Crippen LogP contribution >= 0.6 is 0 Å². The molecule has 0 fully saturated rings. The summed E-state index contributed by atoms with van der Waals surface area (Å²) in [4.78, 5) is 10.6. The molecule has 0 heterocycles. The Morgan fingerprint density at radius 2 is 1.55 bits per heavy atom. The Morgan fingerprint density at radius 1 is 0.955 bits per heavy atom. The summed E-state index contributed by atoms with van der Waals surface area (Å²) in [6.45, 7) is 2.11. The summed E-state index contributed by atoms with van der Waals surface area (Å²) in [7, 11) is -2.93. The zero-order valence-corrected chi connectivity index (χ0v) is 14.1. The molecule has 0 saturated carbocycles. The van der Waals surface area contributed by atoms with E-state index < -0.39 is 15.8 Å². The van der Waals surface area contributed by atoms with Gasteiger partial charge in [0.2, 0.25) is 0 Å². The molecule has 0 amide bonds. The van der Waals surface area contributed by atoms with Gasteiger partial charge in [0.1, 0.15) is 9.84 Å². The fraction of sp³-hybridized carbons (Fsp3) is 0.588. The van der Waals surface area contributed by atoms with Crippen LogP contribution in [0.1, 0.15) is 50.2 Å². The third kappa shape index (κ3) is 8.17. The van der Waals surface area contributed by atoms with Gasteiger partial charge in [-0.1, -0.05) is 50.5 Å². The van der Waals surface area contributed by atoms with Crippen molar-refractivity contribution in [2.75, 3.05) is 11.5 Å². The van der Waals surface area contributed by atoms with Gasteiger partial charge < -0.3 is 5.11 Å². The van der Waals surface area contributed by atoms with Crippen molar-refractivity contribution in [1.29, 1.82) is 0 Å². The van der Waals surface area contributed by atoms with Crippen LogP contribution in [0.5, 0.6) is 0 Å². The van der Waals surface area contributed by atoms with Gasteiger partial charge in [-0.25, -0.2) is 8.42 Å². The smallest absolute Gasteiger partial charge is 0.307 e. The molecule has 0 spiro atoms. The van der Waals surface area contributed by atoms with Crippen LogP contribution in [0.15, 0.2) is 24.3 Å². The number of benzene rings is 1. The van der Waals surface area contributed by atoms with Crippen molar-refractivity contribution in [3.8, 4) is 0 Å². The molecular weight excluding hydrogens is 300 g/mol. The van der Waals surface area contributed by atoms with Crippen molar-refractivity contribution in [3.63, 3.8) is 0 Å². The predicted molar refractivity (Wildman–Crippen MR) is 88.9 cm³/mol. The molecule has 124 valence electrons. The van der Waals surface area contributed by atoms with Crippen LogP contribution in [0.4, 0.5) is 0 Å². The molecule has 0 aliphatic carbocycles. The van der Waals surface area contributed by atoms with Gasteiger partial charge in [0.15, 0.2) is 0 Å². The maximum absolute atomic E-state index is 11.9. The van der Waals surface area contributed by atoms with Crippen molar-refractivity contribution in [1.82, 2.24) is 0 Å². The fourth-order valence-electron chi connectivity index (χ4n) is 2.35. The Hall–Kier alpha value is -1.36. The van der Waals surface area contributed by atoms with Gasteiger partial charge in [0.05, 0.1) is 17.9 Å². The number of carboxylic acid groups (broad SMARTS) is 1. The van der Waals surface area contributed by atoms with E-state index in [1.807, 2.05) is 12.1 Å². The van der Waals surface area contributed by atoms with Gasteiger partial charge in [0.25, 0.3) is 0 Å². The van der Waals surface area contributed by atoms with E-state index in [1.54, 1.807) is 12.1 Å². The van der Waals surface area contributed by atoms with Crippen molar-refractivity contribution >= 4 is 15.8 Å². The summed E-state index contributed by atoms with van der Waals surface area (Å²) in [5.74, 6) is -0.317. The number of unbranched alkanes of at least 4 members (excludes halogenated alkanes) is 3. The SMILES string of the molecule is CCCCCCS(=O)(=O)CCCc1ccc(CC(=O)O)cc1. The van der Waals surface area contributed by atoms with Gasteiger partial charge >= 0.3 is 5.97 Å². The van der Waals surface area contributed by atoms with Crippen LogP contribution in [-0.4, -0.2) is 31.0 Å². The summed E-state index contributed by atoms with van der Waals surface area (Å²) in [6, 6.07) is 7.35. The van der Waals surface area contributed by atoms with Gasteiger partial charge in [-0.3, -0.25) is 4.79 Å². The Bertz CT molecular complexity index is 547. The zero-order valence-electron chi connectivity index (χ0n) is 13.3. The van der Waals surface area contributed by atoms with Crippen molar-refractivity contribution in [2.24, 2.45) is 0 Å². The molecule has 5 heteroatoms. The molecule has 0 aliphatic rings. The normalized spacial score (nSPS) is 11.5. The van der Waals surface area contributed by atoms with Gasteiger partial charge in [0, 0.05) is 0 Å². The second kappa shape index (κ2) is 9.62. The molecule has 1 aromatic carbocycles. The Labute approximate surface area is 133 Å². The van der Waals surface area contributed by atoms with Gasteiger partial charge in [-0.15, -0.1) is 0 Å². The number of carbonyl (C=O) groups is 1. The van der Waals surface area contributed by atoms with Crippen molar-refractivity contribution in [2.45, 2.75) is 51.9 Å². The Morgan fingerprint density at radius 3 is 2.14 bits per heavy atom. The molecule has 22 heavy (non-hydrogen) atoms. The minimum atomic E-state index is -2.93. The number of aliphatic carboxylic acids is 1. The highest BCUT2D eigenvalue weighted by Gasteiger charge is 2.10. The molecule has 0 unspecified atom stereocenters. The van der Waals surface area contributed by atoms with E-state index in [1.165, 1.54) is 0 Å². The minimum absolute atomic E-state index is 0.0203. The van der Waals surface area contributed by atoms with Crippen molar-refractivity contribution in [3.05, 3.63) is 35.4 Å². The summed E-state index contributed by atoms with van der Waals surface area (Å²) < 4.78 is 23.8. The molecule has 1 N–H and O–H groups in total. The molecule has 0 aromatic heterocycles. The number of hydrogen-bond donors (Lipinski definition) is 1. The maximum atomic E-state index is 11.9. The summed E-state index contributed by atoms with van der Waals surface area (Å²) in [5.41, 5.74) is 1.81. The molecule has 0 radical (unpaired) electrons. The van der Waals surface area contributed by atoms with E-state index in [4.69, 9.17) is 5.11 Å². The van der Waals surface area contributed by atoms with E-state index >= 15 is 0 Å². The maximum Gasteiger partial charge on any atom is 0.307 e. The van der Waals surface area contributed by atoms with Gasteiger partial charge in [-0.05, 0) is 30.4 Å². The molecule has 4 nitrogen and oxygen atoms in total. The van der Waals surface area contributed by atoms with Crippen molar-refractivity contribution < 1.29 is 18.3 Å². The first-order valence-corrected chi connectivity index (χ1v) is 9.75. The third-order valence-corrected chi connectivity index (χ3v) is 5.43. The largest absolute Gasteiger partial charge is 0.481 e. The molecule has 0 aliphatic heterocycles.